The molecule has 0 saturated heterocycles. The van der Waals surface area contributed by atoms with Crippen LogP contribution in [-0.4, -0.2) is 9.97 Å². The molecule has 0 bridgehead atoms. The molecule has 0 fully saturated rings. The molecule has 4 heteroatoms. The number of hydrogen-bond acceptors (Lipinski definition) is 4. The molecule has 4 nitrogen and oxygen atoms in total. The van der Waals surface area contributed by atoms with Crippen LogP contribution in [0.15, 0.2) is 36.4 Å². The monoisotopic (exact) mass is 225 g/mol. The Kier molecular flexibility index (Phi) is 3.31. The Morgan fingerprint density at radius 1 is 1.24 bits per heavy atom. The molecule has 0 aliphatic carbocycles. The molecule has 0 aliphatic heterocycles. The molecule has 0 N–H and O–H groups in total. The highest BCUT2D eigenvalue weighted by Gasteiger charge is 2.02. The zero-order chi connectivity index (χ0) is 12.1. The maximum atomic E-state index is 8.79. The van der Waals surface area contributed by atoms with Gasteiger partial charge in [-0.3, -0.25) is 0 Å². The molecule has 0 radical (unpaired) electrons. The zero-order valence-electron chi connectivity index (χ0n) is 9.42. The van der Waals surface area contributed by atoms with E-state index in [4.69, 9.17) is 10.00 Å². The molecule has 2 rings (SSSR count). The van der Waals surface area contributed by atoms with Crippen molar-refractivity contribution in [1.82, 2.24) is 9.97 Å². The summed E-state index contributed by atoms with van der Waals surface area (Å²) in [5.41, 5.74) is 1.07. The summed E-state index contributed by atoms with van der Waals surface area (Å²) in [6.45, 7) is 2.09. The maximum Gasteiger partial charge on any atom is 0.144 e. The van der Waals surface area contributed by atoms with Crippen LogP contribution in [-0.2, 0) is 6.61 Å². The lowest BCUT2D eigenvalue weighted by molar-refractivity contribution is 0.300. The summed E-state index contributed by atoms with van der Waals surface area (Å²) in [5.74, 6) is 1.36. The lowest BCUT2D eigenvalue weighted by Gasteiger charge is -2.05. The number of para-hydroxylation sites is 1. The van der Waals surface area contributed by atoms with E-state index in [9.17, 15) is 0 Å². The van der Waals surface area contributed by atoms with Crippen molar-refractivity contribution in [3.8, 4) is 11.8 Å². The lowest BCUT2D eigenvalue weighted by atomic mass is 10.3. The number of aromatic nitrogens is 2. The molecule has 0 amide bonds. The minimum absolute atomic E-state index is 0.335. The van der Waals surface area contributed by atoms with E-state index in [1.54, 1.807) is 13.0 Å². The second-order valence-electron chi connectivity index (χ2n) is 3.51. The standard InChI is InChI=1S/C13H11N3O/c1-10-15-11(8-14)7-12(16-10)9-17-13-5-3-2-4-6-13/h2-7H,9H2,1H3. The van der Waals surface area contributed by atoms with E-state index in [-0.39, 0.29) is 0 Å². The van der Waals surface area contributed by atoms with Gasteiger partial charge in [0.05, 0.1) is 5.69 Å². The Morgan fingerprint density at radius 3 is 2.71 bits per heavy atom. The van der Waals surface area contributed by atoms with Gasteiger partial charge < -0.3 is 4.74 Å². The van der Waals surface area contributed by atoms with Crippen molar-refractivity contribution in [2.45, 2.75) is 13.5 Å². The predicted molar refractivity (Wildman–Crippen MR) is 62.3 cm³/mol. The fraction of sp³-hybridized carbons (Fsp3) is 0.154. The number of nitrogens with zero attached hydrogens (tertiary/aromatic N) is 3. The van der Waals surface area contributed by atoms with Gasteiger partial charge in [0.15, 0.2) is 0 Å². The van der Waals surface area contributed by atoms with Crippen molar-refractivity contribution < 1.29 is 4.74 Å². The average Bonchev–Trinajstić information content (AvgIpc) is 2.37. The minimum Gasteiger partial charge on any atom is -0.487 e. The fourth-order valence-electron chi connectivity index (χ4n) is 1.43. The van der Waals surface area contributed by atoms with Crippen molar-refractivity contribution in [1.29, 1.82) is 5.26 Å². The Bertz CT molecular complexity index is 546. The Hall–Kier alpha value is -2.41. The third-order valence-corrected chi connectivity index (χ3v) is 2.14. The van der Waals surface area contributed by atoms with Crippen molar-refractivity contribution >= 4 is 0 Å². The molecule has 1 heterocycles. The first-order valence-electron chi connectivity index (χ1n) is 5.20. The van der Waals surface area contributed by atoms with Crippen LogP contribution in [0.2, 0.25) is 0 Å². The normalized spacial score (nSPS) is 9.65. The van der Waals surface area contributed by atoms with Gasteiger partial charge in [-0.1, -0.05) is 18.2 Å². The number of hydrogen-bond donors (Lipinski definition) is 0. The smallest absolute Gasteiger partial charge is 0.144 e. The van der Waals surface area contributed by atoms with Crippen LogP contribution in [0.1, 0.15) is 17.2 Å². The summed E-state index contributed by atoms with van der Waals surface area (Å²) in [4.78, 5) is 8.19. The van der Waals surface area contributed by atoms with Crippen LogP contribution < -0.4 is 4.74 Å². The summed E-state index contributed by atoms with van der Waals surface area (Å²) in [6.07, 6.45) is 0. The van der Waals surface area contributed by atoms with E-state index in [2.05, 4.69) is 9.97 Å². The number of aryl methyl sites for hydroxylation is 1. The summed E-state index contributed by atoms with van der Waals surface area (Å²) < 4.78 is 5.55. The molecule has 0 unspecified atom stereocenters. The SMILES string of the molecule is Cc1nc(C#N)cc(COc2ccccc2)n1. The van der Waals surface area contributed by atoms with Crippen molar-refractivity contribution in [2.75, 3.05) is 0 Å². The molecular formula is C13H11N3O. The van der Waals surface area contributed by atoms with Crippen LogP contribution in [0.3, 0.4) is 0 Å². The van der Waals surface area contributed by atoms with Gasteiger partial charge in [-0.05, 0) is 25.1 Å². The van der Waals surface area contributed by atoms with Gasteiger partial charge in [-0.15, -0.1) is 0 Å². The second-order valence-corrected chi connectivity index (χ2v) is 3.51. The van der Waals surface area contributed by atoms with Gasteiger partial charge in [0, 0.05) is 0 Å². The van der Waals surface area contributed by atoms with Gasteiger partial charge in [0.1, 0.15) is 29.9 Å². The van der Waals surface area contributed by atoms with E-state index in [1.165, 1.54) is 0 Å². The molecule has 0 saturated carbocycles. The highest BCUT2D eigenvalue weighted by Crippen LogP contribution is 2.11. The van der Waals surface area contributed by atoms with Gasteiger partial charge in [0.2, 0.25) is 0 Å². The van der Waals surface area contributed by atoms with Crippen LogP contribution in [0, 0.1) is 18.3 Å². The van der Waals surface area contributed by atoms with Crippen molar-refractivity contribution in [2.24, 2.45) is 0 Å². The van der Waals surface area contributed by atoms with E-state index in [0.29, 0.717) is 23.8 Å². The number of benzene rings is 1. The summed E-state index contributed by atoms with van der Waals surface area (Å²) in [7, 11) is 0. The number of ether oxygens (including phenoxy) is 1. The Morgan fingerprint density at radius 2 is 2.00 bits per heavy atom. The van der Waals surface area contributed by atoms with Crippen LogP contribution in [0.5, 0.6) is 5.75 Å². The maximum absolute atomic E-state index is 8.79. The average molecular weight is 225 g/mol. The highest BCUT2D eigenvalue weighted by molar-refractivity contribution is 5.24. The lowest BCUT2D eigenvalue weighted by Crippen LogP contribution is -2.02. The van der Waals surface area contributed by atoms with E-state index in [1.807, 2.05) is 36.4 Å². The van der Waals surface area contributed by atoms with Crippen molar-refractivity contribution in [3.05, 3.63) is 53.6 Å². The topological polar surface area (TPSA) is 58.8 Å². The third kappa shape index (κ3) is 3.02. The summed E-state index contributed by atoms with van der Waals surface area (Å²) in [6, 6.07) is 13.1. The van der Waals surface area contributed by atoms with E-state index >= 15 is 0 Å². The first-order valence-corrected chi connectivity index (χ1v) is 5.20. The van der Waals surface area contributed by atoms with Gasteiger partial charge in [-0.2, -0.15) is 5.26 Å². The quantitative estimate of drug-likeness (QED) is 0.803. The van der Waals surface area contributed by atoms with Crippen LogP contribution in [0.25, 0.3) is 0 Å². The molecular weight excluding hydrogens is 214 g/mol. The summed E-state index contributed by atoms with van der Waals surface area (Å²) >= 11 is 0. The first-order chi connectivity index (χ1) is 8.28. The van der Waals surface area contributed by atoms with E-state index < -0.39 is 0 Å². The molecule has 0 spiro atoms. The molecule has 1 aromatic heterocycles. The molecule has 2 aromatic rings. The van der Waals surface area contributed by atoms with Gasteiger partial charge >= 0.3 is 0 Å². The zero-order valence-corrected chi connectivity index (χ0v) is 9.42. The van der Waals surface area contributed by atoms with Crippen molar-refractivity contribution in [3.63, 3.8) is 0 Å². The van der Waals surface area contributed by atoms with Crippen LogP contribution >= 0.6 is 0 Å². The first kappa shape index (κ1) is 11.1. The minimum atomic E-state index is 0.335. The highest BCUT2D eigenvalue weighted by atomic mass is 16.5. The number of rotatable bonds is 3. The van der Waals surface area contributed by atoms with Gasteiger partial charge in [-0.25, -0.2) is 9.97 Å². The third-order valence-electron chi connectivity index (χ3n) is 2.14. The fourth-order valence-corrected chi connectivity index (χ4v) is 1.43. The summed E-state index contributed by atoms with van der Waals surface area (Å²) in [5, 5.41) is 8.79. The largest absolute Gasteiger partial charge is 0.487 e. The van der Waals surface area contributed by atoms with E-state index in [0.717, 1.165) is 5.75 Å². The molecule has 84 valence electrons. The molecule has 0 aliphatic rings. The molecule has 17 heavy (non-hydrogen) atoms. The molecule has 0 atom stereocenters. The number of nitriles is 1. The van der Waals surface area contributed by atoms with Gasteiger partial charge in [0.25, 0.3) is 0 Å². The molecule has 1 aromatic carbocycles. The Balaban J connectivity index is 2.10. The predicted octanol–water partition coefficient (Wildman–Crippen LogP) is 2.24. The second kappa shape index (κ2) is 5.08. The van der Waals surface area contributed by atoms with Crippen LogP contribution in [0.4, 0.5) is 0 Å². The Labute approximate surface area is 99.5 Å².